The van der Waals surface area contributed by atoms with Crippen molar-refractivity contribution in [3.63, 3.8) is 0 Å². The number of hydrogen-bond acceptors (Lipinski definition) is 3. The fourth-order valence-corrected chi connectivity index (χ4v) is 1.36. The number of rotatable bonds is 5. The van der Waals surface area contributed by atoms with Gasteiger partial charge in [-0.05, 0) is 19.9 Å². The van der Waals surface area contributed by atoms with Gasteiger partial charge in [0, 0.05) is 26.3 Å². The van der Waals surface area contributed by atoms with Gasteiger partial charge in [-0.1, -0.05) is 0 Å². The minimum atomic E-state index is -0.185. The summed E-state index contributed by atoms with van der Waals surface area (Å²) < 4.78 is 1.91. The van der Waals surface area contributed by atoms with Gasteiger partial charge >= 0.3 is 0 Å². The summed E-state index contributed by atoms with van der Waals surface area (Å²) in [4.78, 5) is 11.2. The molecule has 2 N–H and O–H groups in total. The van der Waals surface area contributed by atoms with Gasteiger partial charge in [-0.2, -0.15) is 5.10 Å². The number of likely N-dealkylation sites (N-methyl/N-ethyl adjacent to an activating group) is 1. The van der Waals surface area contributed by atoms with Crippen LogP contribution in [-0.2, 0) is 17.9 Å². The van der Waals surface area contributed by atoms with Crippen LogP contribution in [-0.4, -0.2) is 28.8 Å². The van der Waals surface area contributed by atoms with Gasteiger partial charge in [-0.15, -0.1) is 0 Å². The second kappa shape index (κ2) is 5.50. The average molecular weight is 210 g/mol. The quantitative estimate of drug-likeness (QED) is 0.726. The van der Waals surface area contributed by atoms with Crippen LogP contribution in [0.2, 0.25) is 0 Å². The Kier molecular flexibility index (Phi) is 4.30. The van der Waals surface area contributed by atoms with Crippen LogP contribution in [0.5, 0.6) is 0 Å². The van der Waals surface area contributed by atoms with Gasteiger partial charge in [0.25, 0.3) is 0 Å². The monoisotopic (exact) mass is 210 g/mol. The maximum atomic E-state index is 11.2. The Morgan fingerprint density at radius 1 is 1.67 bits per heavy atom. The number of carbonyl (C=O) groups excluding carboxylic acids is 1. The molecule has 0 aliphatic heterocycles. The molecule has 1 unspecified atom stereocenters. The number of carbonyl (C=O) groups is 1. The van der Waals surface area contributed by atoms with Crippen LogP contribution < -0.4 is 10.6 Å². The topological polar surface area (TPSA) is 59.0 Å². The lowest BCUT2D eigenvalue weighted by molar-refractivity contribution is -0.122. The van der Waals surface area contributed by atoms with E-state index in [1.54, 1.807) is 13.2 Å². The zero-order valence-corrected chi connectivity index (χ0v) is 9.45. The molecular formula is C10H18N4O. The van der Waals surface area contributed by atoms with Crippen LogP contribution >= 0.6 is 0 Å². The van der Waals surface area contributed by atoms with Crippen LogP contribution in [0, 0.1) is 0 Å². The number of hydrogen-bond donors (Lipinski definition) is 2. The smallest absolute Gasteiger partial charge is 0.236 e. The Bertz CT molecular complexity index is 321. The van der Waals surface area contributed by atoms with E-state index in [0.717, 1.165) is 12.2 Å². The van der Waals surface area contributed by atoms with E-state index in [1.165, 1.54) is 0 Å². The SMILES string of the molecule is CCn1nccc1CNC(C)C(=O)NC. The molecule has 1 amide bonds. The maximum Gasteiger partial charge on any atom is 0.236 e. The van der Waals surface area contributed by atoms with Crippen LogP contribution in [0.3, 0.4) is 0 Å². The Labute approximate surface area is 89.9 Å². The molecule has 15 heavy (non-hydrogen) atoms. The molecule has 0 aliphatic carbocycles. The summed E-state index contributed by atoms with van der Waals surface area (Å²) in [7, 11) is 1.64. The fourth-order valence-electron chi connectivity index (χ4n) is 1.36. The summed E-state index contributed by atoms with van der Waals surface area (Å²) in [6, 6.07) is 1.77. The molecule has 0 saturated heterocycles. The van der Waals surface area contributed by atoms with Crippen LogP contribution in [0.25, 0.3) is 0 Å². The normalized spacial score (nSPS) is 12.5. The lowest BCUT2D eigenvalue weighted by atomic mass is 10.3. The number of aromatic nitrogens is 2. The predicted octanol–water partition coefficient (Wildman–Crippen LogP) is 0.127. The zero-order chi connectivity index (χ0) is 11.3. The summed E-state index contributed by atoms with van der Waals surface area (Å²) in [6.07, 6.45) is 1.77. The molecule has 0 saturated carbocycles. The zero-order valence-electron chi connectivity index (χ0n) is 9.45. The van der Waals surface area contributed by atoms with E-state index >= 15 is 0 Å². The van der Waals surface area contributed by atoms with Gasteiger partial charge in [-0.25, -0.2) is 0 Å². The first-order valence-electron chi connectivity index (χ1n) is 5.14. The van der Waals surface area contributed by atoms with Crippen molar-refractivity contribution in [2.24, 2.45) is 0 Å². The molecule has 5 heteroatoms. The van der Waals surface area contributed by atoms with Crippen molar-refractivity contribution in [3.05, 3.63) is 18.0 Å². The summed E-state index contributed by atoms with van der Waals surface area (Å²) in [5.74, 6) is -0.00226. The van der Waals surface area contributed by atoms with E-state index in [1.807, 2.05) is 24.6 Å². The first-order valence-corrected chi connectivity index (χ1v) is 5.14. The molecular weight excluding hydrogens is 192 g/mol. The van der Waals surface area contributed by atoms with E-state index in [9.17, 15) is 4.79 Å². The Morgan fingerprint density at radius 2 is 2.40 bits per heavy atom. The molecule has 84 valence electrons. The molecule has 1 aromatic rings. The van der Waals surface area contributed by atoms with Crippen molar-refractivity contribution in [2.75, 3.05) is 7.05 Å². The highest BCUT2D eigenvalue weighted by Gasteiger charge is 2.10. The Morgan fingerprint density at radius 3 is 3.00 bits per heavy atom. The summed E-state index contributed by atoms with van der Waals surface area (Å²) in [5, 5.41) is 9.89. The standard InChI is InChI=1S/C10H18N4O/c1-4-14-9(5-6-13-14)7-12-8(2)10(15)11-3/h5-6,8,12H,4,7H2,1-3H3,(H,11,15). The third-order valence-electron chi connectivity index (χ3n) is 2.33. The Hall–Kier alpha value is -1.36. The molecule has 0 radical (unpaired) electrons. The fraction of sp³-hybridized carbons (Fsp3) is 0.600. The minimum Gasteiger partial charge on any atom is -0.358 e. The van der Waals surface area contributed by atoms with Crippen LogP contribution in [0.15, 0.2) is 12.3 Å². The molecule has 5 nitrogen and oxygen atoms in total. The average Bonchev–Trinajstić information content (AvgIpc) is 2.71. The second-order valence-corrected chi connectivity index (χ2v) is 3.36. The lowest BCUT2D eigenvalue weighted by Crippen LogP contribution is -2.40. The van der Waals surface area contributed by atoms with E-state index in [0.29, 0.717) is 6.54 Å². The highest BCUT2D eigenvalue weighted by molar-refractivity contribution is 5.80. The minimum absolute atomic E-state index is 0.00226. The lowest BCUT2D eigenvalue weighted by Gasteiger charge is -2.12. The number of amides is 1. The van der Waals surface area contributed by atoms with Gasteiger partial charge in [0.1, 0.15) is 0 Å². The third-order valence-corrected chi connectivity index (χ3v) is 2.33. The van der Waals surface area contributed by atoms with Gasteiger partial charge < -0.3 is 10.6 Å². The van der Waals surface area contributed by atoms with Crippen molar-refractivity contribution < 1.29 is 4.79 Å². The molecule has 0 aliphatic rings. The highest BCUT2D eigenvalue weighted by atomic mass is 16.2. The summed E-state index contributed by atoms with van der Waals surface area (Å²) in [6.45, 7) is 5.38. The highest BCUT2D eigenvalue weighted by Crippen LogP contribution is 1.98. The number of nitrogens with one attached hydrogen (secondary N) is 2. The number of nitrogens with zero attached hydrogens (tertiary/aromatic N) is 2. The van der Waals surface area contributed by atoms with Gasteiger partial charge in [0.15, 0.2) is 0 Å². The van der Waals surface area contributed by atoms with Crippen molar-refractivity contribution in [2.45, 2.75) is 33.0 Å². The first kappa shape index (κ1) is 11.7. The van der Waals surface area contributed by atoms with Gasteiger partial charge in [0.05, 0.1) is 11.7 Å². The van der Waals surface area contributed by atoms with Crippen molar-refractivity contribution in [1.29, 1.82) is 0 Å². The summed E-state index contributed by atoms with van der Waals surface area (Å²) in [5.41, 5.74) is 1.09. The van der Waals surface area contributed by atoms with Crippen molar-refractivity contribution >= 4 is 5.91 Å². The molecule has 0 spiro atoms. The predicted molar refractivity (Wildman–Crippen MR) is 58.3 cm³/mol. The third kappa shape index (κ3) is 3.06. The Balaban J connectivity index is 2.46. The van der Waals surface area contributed by atoms with Crippen molar-refractivity contribution in [1.82, 2.24) is 20.4 Å². The molecule has 1 aromatic heterocycles. The van der Waals surface area contributed by atoms with Crippen LogP contribution in [0.4, 0.5) is 0 Å². The number of aryl methyl sites for hydroxylation is 1. The maximum absolute atomic E-state index is 11.2. The first-order chi connectivity index (χ1) is 7.19. The van der Waals surface area contributed by atoms with Crippen LogP contribution in [0.1, 0.15) is 19.5 Å². The van der Waals surface area contributed by atoms with E-state index < -0.39 is 0 Å². The van der Waals surface area contributed by atoms with E-state index in [2.05, 4.69) is 15.7 Å². The largest absolute Gasteiger partial charge is 0.358 e. The molecule has 0 bridgehead atoms. The van der Waals surface area contributed by atoms with Gasteiger partial charge in [-0.3, -0.25) is 9.48 Å². The molecule has 1 atom stereocenters. The molecule has 1 heterocycles. The van der Waals surface area contributed by atoms with E-state index in [-0.39, 0.29) is 11.9 Å². The summed E-state index contributed by atoms with van der Waals surface area (Å²) >= 11 is 0. The molecule has 0 fully saturated rings. The van der Waals surface area contributed by atoms with Crippen molar-refractivity contribution in [3.8, 4) is 0 Å². The van der Waals surface area contributed by atoms with E-state index in [4.69, 9.17) is 0 Å². The van der Waals surface area contributed by atoms with Gasteiger partial charge in [0.2, 0.25) is 5.91 Å². The molecule has 1 rings (SSSR count). The second-order valence-electron chi connectivity index (χ2n) is 3.36. The molecule has 0 aromatic carbocycles.